The van der Waals surface area contributed by atoms with Crippen LogP contribution in [0.15, 0.2) is 76.7 Å². The molecule has 0 radical (unpaired) electrons. The predicted molar refractivity (Wildman–Crippen MR) is 106 cm³/mol. The maximum Gasteiger partial charge on any atom is 0.226 e. The number of hydrogen-bond acceptors (Lipinski definition) is 5. The van der Waals surface area contributed by atoms with Crippen molar-refractivity contribution < 1.29 is 9.21 Å². The first-order valence-corrected chi connectivity index (χ1v) is 9.47. The van der Waals surface area contributed by atoms with Gasteiger partial charge in [-0.2, -0.15) is 0 Å². The van der Waals surface area contributed by atoms with Crippen molar-refractivity contribution >= 4 is 22.4 Å². The van der Waals surface area contributed by atoms with Crippen LogP contribution in [0.3, 0.4) is 0 Å². The minimum atomic E-state index is -0.106. The second-order valence-electron chi connectivity index (χ2n) is 5.90. The van der Waals surface area contributed by atoms with E-state index in [-0.39, 0.29) is 12.3 Å². The van der Waals surface area contributed by atoms with Crippen LogP contribution in [0.5, 0.6) is 0 Å². The normalized spacial score (nSPS) is 10.7. The van der Waals surface area contributed by atoms with Gasteiger partial charge in [-0.25, -0.2) is 9.97 Å². The maximum atomic E-state index is 12.1. The number of thiazole rings is 1. The first-order chi connectivity index (χ1) is 13.3. The zero-order chi connectivity index (χ0) is 18.5. The highest BCUT2D eigenvalue weighted by Gasteiger charge is 2.17. The topological polar surface area (TPSA) is 68.0 Å². The van der Waals surface area contributed by atoms with E-state index in [1.165, 1.54) is 11.3 Å². The average Bonchev–Trinajstić information content (AvgIpc) is 3.38. The SMILES string of the molecule is O=C(CCc1nc(-c2ccccc2)c(-c2ccccc2)o1)Nc1nccs1. The van der Waals surface area contributed by atoms with Crippen molar-refractivity contribution in [2.75, 3.05) is 5.32 Å². The fourth-order valence-corrected chi connectivity index (χ4v) is 3.28. The highest BCUT2D eigenvalue weighted by molar-refractivity contribution is 7.13. The van der Waals surface area contributed by atoms with Gasteiger partial charge in [0, 0.05) is 35.5 Å². The maximum absolute atomic E-state index is 12.1. The third kappa shape index (κ3) is 4.12. The Bertz CT molecular complexity index is 955. The van der Waals surface area contributed by atoms with E-state index in [2.05, 4.69) is 15.3 Å². The quantitative estimate of drug-likeness (QED) is 0.513. The second-order valence-corrected chi connectivity index (χ2v) is 6.80. The number of benzene rings is 2. The summed E-state index contributed by atoms with van der Waals surface area (Å²) in [6, 6.07) is 19.8. The van der Waals surface area contributed by atoms with Crippen molar-refractivity contribution in [3.8, 4) is 22.6 Å². The number of oxazole rings is 1. The molecule has 0 saturated heterocycles. The number of rotatable bonds is 6. The van der Waals surface area contributed by atoms with Crippen LogP contribution >= 0.6 is 11.3 Å². The first-order valence-electron chi connectivity index (χ1n) is 8.59. The summed E-state index contributed by atoms with van der Waals surface area (Å²) in [5, 5.41) is 5.20. The molecule has 0 unspecified atom stereocenters. The molecule has 134 valence electrons. The Hall–Kier alpha value is -3.25. The molecule has 4 aromatic rings. The van der Waals surface area contributed by atoms with Crippen LogP contribution in [-0.2, 0) is 11.2 Å². The standard InChI is InChI=1S/C21H17N3O2S/c25-17(23-21-22-13-14-27-21)11-12-18-24-19(15-7-3-1-4-8-15)20(26-18)16-9-5-2-6-10-16/h1-10,13-14H,11-12H2,(H,22,23,25). The van der Waals surface area contributed by atoms with E-state index in [1.54, 1.807) is 6.20 Å². The summed E-state index contributed by atoms with van der Waals surface area (Å²) in [6.45, 7) is 0. The van der Waals surface area contributed by atoms with Gasteiger partial charge in [0.15, 0.2) is 16.8 Å². The number of anilines is 1. The molecule has 0 bridgehead atoms. The number of nitrogens with zero attached hydrogens (tertiary/aromatic N) is 2. The van der Waals surface area contributed by atoms with Gasteiger partial charge in [0.1, 0.15) is 5.69 Å². The van der Waals surface area contributed by atoms with Crippen molar-refractivity contribution in [3.63, 3.8) is 0 Å². The molecule has 0 aliphatic rings. The average molecular weight is 375 g/mol. The van der Waals surface area contributed by atoms with Crippen molar-refractivity contribution in [1.29, 1.82) is 0 Å². The van der Waals surface area contributed by atoms with Crippen molar-refractivity contribution in [2.24, 2.45) is 0 Å². The van der Waals surface area contributed by atoms with Gasteiger partial charge in [-0.05, 0) is 0 Å². The molecule has 0 aliphatic carbocycles. The van der Waals surface area contributed by atoms with E-state index in [0.29, 0.717) is 17.4 Å². The van der Waals surface area contributed by atoms with Crippen LogP contribution < -0.4 is 5.32 Å². The van der Waals surface area contributed by atoms with Crippen LogP contribution in [0.1, 0.15) is 12.3 Å². The van der Waals surface area contributed by atoms with E-state index < -0.39 is 0 Å². The number of aryl methyl sites for hydroxylation is 1. The number of amides is 1. The van der Waals surface area contributed by atoms with Crippen LogP contribution in [0.2, 0.25) is 0 Å². The van der Waals surface area contributed by atoms with Crippen LogP contribution in [0, 0.1) is 0 Å². The lowest BCUT2D eigenvalue weighted by Gasteiger charge is -2.01. The van der Waals surface area contributed by atoms with Crippen LogP contribution in [-0.4, -0.2) is 15.9 Å². The van der Waals surface area contributed by atoms with E-state index >= 15 is 0 Å². The molecule has 2 aromatic carbocycles. The van der Waals surface area contributed by atoms with Gasteiger partial charge in [-0.1, -0.05) is 60.7 Å². The highest BCUT2D eigenvalue weighted by atomic mass is 32.1. The molecule has 6 heteroatoms. The zero-order valence-electron chi connectivity index (χ0n) is 14.5. The van der Waals surface area contributed by atoms with Gasteiger partial charge in [-0.15, -0.1) is 11.3 Å². The van der Waals surface area contributed by atoms with E-state index in [0.717, 1.165) is 22.6 Å². The minimum absolute atomic E-state index is 0.106. The molecule has 4 rings (SSSR count). The molecular weight excluding hydrogens is 358 g/mol. The molecule has 5 nitrogen and oxygen atoms in total. The summed E-state index contributed by atoms with van der Waals surface area (Å²) >= 11 is 1.39. The van der Waals surface area contributed by atoms with E-state index in [1.807, 2.05) is 66.0 Å². The Balaban J connectivity index is 1.57. The third-order valence-corrected chi connectivity index (χ3v) is 4.69. The predicted octanol–water partition coefficient (Wildman–Crippen LogP) is 5.04. The first kappa shape index (κ1) is 17.2. The lowest BCUT2D eigenvalue weighted by molar-refractivity contribution is -0.116. The zero-order valence-corrected chi connectivity index (χ0v) is 15.3. The molecule has 0 aliphatic heterocycles. The van der Waals surface area contributed by atoms with E-state index in [9.17, 15) is 4.79 Å². The Morgan fingerprint density at radius 1 is 1.00 bits per heavy atom. The molecule has 2 heterocycles. The van der Waals surface area contributed by atoms with Crippen molar-refractivity contribution in [3.05, 3.63) is 78.1 Å². The number of nitrogens with one attached hydrogen (secondary N) is 1. The summed E-state index contributed by atoms with van der Waals surface area (Å²) in [5.74, 6) is 1.16. The lowest BCUT2D eigenvalue weighted by Crippen LogP contribution is -2.12. The van der Waals surface area contributed by atoms with Gasteiger partial charge in [0.25, 0.3) is 0 Å². The summed E-state index contributed by atoms with van der Waals surface area (Å²) in [7, 11) is 0. The molecule has 0 fully saturated rings. The van der Waals surface area contributed by atoms with Gasteiger partial charge in [-0.3, -0.25) is 4.79 Å². The Labute approximate surface area is 160 Å². The molecular formula is C21H17N3O2S. The molecule has 1 amide bonds. The minimum Gasteiger partial charge on any atom is -0.440 e. The van der Waals surface area contributed by atoms with Crippen LogP contribution in [0.4, 0.5) is 5.13 Å². The largest absolute Gasteiger partial charge is 0.440 e. The molecule has 0 saturated carbocycles. The summed E-state index contributed by atoms with van der Waals surface area (Å²) in [5.41, 5.74) is 2.73. The fourth-order valence-electron chi connectivity index (χ4n) is 2.74. The number of carbonyl (C=O) groups is 1. The van der Waals surface area contributed by atoms with Gasteiger partial charge in [0.05, 0.1) is 0 Å². The molecule has 0 spiro atoms. The van der Waals surface area contributed by atoms with Crippen molar-refractivity contribution in [1.82, 2.24) is 9.97 Å². The Morgan fingerprint density at radius 2 is 1.70 bits per heavy atom. The molecule has 2 aromatic heterocycles. The number of carbonyl (C=O) groups excluding carboxylic acids is 1. The highest BCUT2D eigenvalue weighted by Crippen LogP contribution is 2.32. The van der Waals surface area contributed by atoms with Crippen LogP contribution in [0.25, 0.3) is 22.6 Å². The van der Waals surface area contributed by atoms with Crippen molar-refractivity contribution in [2.45, 2.75) is 12.8 Å². The number of aromatic nitrogens is 2. The van der Waals surface area contributed by atoms with E-state index in [4.69, 9.17) is 4.42 Å². The number of hydrogen-bond donors (Lipinski definition) is 1. The molecule has 0 atom stereocenters. The van der Waals surface area contributed by atoms with Gasteiger partial charge in [0.2, 0.25) is 5.91 Å². The Kier molecular flexibility index (Phi) is 5.07. The molecule has 27 heavy (non-hydrogen) atoms. The fraction of sp³-hybridized carbons (Fsp3) is 0.0952. The second kappa shape index (κ2) is 7.97. The summed E-state index contributed by atoms with van der Waals surface area (Å²) in [6.07, 6.45) is 2.36. The monoisotopic (exact) mass is 375 g/mol. The summed E-state index contributed by atoms with van der Waals surface area (Å²) < 4.78 is 6.04. The smallest absolute Gasteiger partial charge is 0.226 e. The van der Waals surface area contributed by atoms with Gasteiger partial charge < -0.3 is 9.73 Å². The molecule has 1 N–H and O–H groups in total. The Morgan fingerprint density at radius 3 is 2.37 bits per heavy atom. The van der Waals surface area contributed by atoms with Gasteiger partial charge >= 0.3 is 0 Å². The summed E-state index contributed by atoms with van der Waals surface area (Å²) in [4.78, 5) is 20.8. The third-order valence-electron chi connectivity index (χ3n) is 4.00. The lowest BCUT2D eigenvalue weighted by atomic mass is 10.1.